The maximum atomic E-state index is 12.6. The molecule has 7 nitrogen and oxygen atoms in total. The number of hydrogen-bond donors (Lipinski definition) is 3. The number of methoxy groups -OCH3 is 1. The van der Waals surface area contributed by atoms with Gasteiger partial charge in [-0.15, -0.1) is 12.4 Å². The standard InChI is InChI=1S/C19H27N3O4.ClH/c1-25-15-8-7-14(22-18(24)19(20)9-3-2-4-10-19)11-16(15)26-12-17(23)21-13-5-6-13;/h7-8,11,13H,2-6,9-10,12,20H2,1H3,(H,21,23)(H,22,24);1H. The Morgan fingerprint density at radius 1 is 1.19 bits per heavy atom. The van der Waals surface area contributed by atoms with E-state index in [-0.39, 0.29) is 36.9 Å². The summed E-state index contributed by atoms with van der Waals surface area (Å²) in [5.74, 6) is 0.570. The number of carbonyl (C=O) groups excluding carboxylic acids is 2. The van der Waals surface area contributed by atoms with Gasteiger partial charge in [0, 0.05) is 17.8 Å². The van der Waals surface area contributed by atoms with Crippen molar-refractivity contribution in [3.05, 3.63) is 18.2 Å². The Kier molecular flexibility index (Phi) is 7.33. The van der Waals surface area contributed by atoms with Crippen LogP contribution in [0.25, 0.3) is 0 Å². The zero-order chi connectivity index (χ0) is 18.6. The average molecular weight is 398 g/mol. The van der Waals surface area contributed by atoms with Crippen LogP contribution < -0.4 is 25.8 Å². The molecule has 0 aliphatic heterocycles. The van der Waals surface area contributed by atoms with Gasteiger partial charge < -0.3 is 25.8 Å². The van der Waals surface area contributed by atoms with Gasteiger partial charge in [-0.25, -0.2) is 0 Å². The third-order valence-electron chi connectivity index (χ3n) is 4.92. The minimum atomic E-state index is -0.816. The van der Waals surface area contributed by atoms with Crippen LogP contribution in [-0.4, -0.2) is 37.1 Å². The van der Waals surface area contributed by atoms with Gasteiger partial charge in [0.05, 0.1) is 12.6 Å². The van der Waals surface area contributed by atoms with E-state index in [2.05, 4.69) is 10.6 Å². The van der Waals surface area contributed by atoms with Gasteiger partial charge in [-0.3, -0.25) is 9.59 Å². The van der Waals surface area contributed by atoms with Crippen LogP contribution in [0.15, 0.2) is 18.2 Å². The molecule has 0 heterocycles. The van der Waals surface area contributed by atoms with E-state index in [9.17, 15) is 9.59 Å². The summed E-state index contributed by atoms with van der Waals surface area (Å²) in [5, 5.41) is 5.74. The van der Waals surface area contributed by atoms with Gasteiger partial charge in [0.1, 0.15) is 0 Å². The van der Waals surface area contributed by atoms with Gasteiger partial charge in [-0.2, -0.15) is 0 Å². The molecule has 0 bridgehead atoms. The van der Waals surface area contributed by atoms with Crippen LogP contribution >= 0.6 is 12.4 Å². The normalized spacial score (nSPS) is 18.0. The number of ether oxygens (including phenoxy) is 2. The van der Waals surface area contributed by atoms with Crippen LogP contribution in [0.5, 0.6) is 11.5 Å². The molecule has 1 aromatic carbocycles. The van der Waals surface area contributed by atoms with Crippen molar-refractivity contribution in [1.82, 2.24) is 5.32 Å². The van der Waals surface area contributed by atoms with E-state index in [1.165, 1.54) is 7.11 Å². The first-order chi connectivity index (χ1) is 12.5. The lowest BCUT2D eigenvalue weighted by Crippen LogP contribution is -2.52. The van der Waals surface area contributed by atoms with E-state index < -0.39 is 5.54 Å². The SMILES string of the molecule is COc1ccc(NC(=O)C2(N)CCCCC2)cc1OCC(=O)NC1CC1.Cl. The maximum Gasteiger partial charge on any atom is 0.258 e. The van der Waals surface area contributed by atoms with Crippen LogP contribution in [0.3, 0.4) is 0 Å². The number of halogens is 1. The van der Waals surface area contributed by atoms with Crippen LogP contribution in [0, 0.1) is 0 Å². The summed E-state index contributed by atoms with van der Waals surface area (Å²) in [6, 6.07) is 5.39. The predicted octanol–water partition coefficient (Wildman–Crippen LogP) is 2.37. The van der Waals surface area contributed by atoms with E-state index in [1.54, 1.807) is 18.2 Å². The molecule has 2 aliphatic carbocycles. The van der Waals surface area contributed by atoms with E-state index in [0.717, 1.165) is 32.1 Å². The third kappa shape index (κ3) is 5.74. The first kappa shape index (κ1) is 21.3. The van der Waals surface area contributed by atoms with Crippen molar-refractivity contribution < 1.29 is 19.1 Å². The van der Waals surface area contributed by atoms with Crippen molar-refractivity contribution >= 4 is 29.9 Å². The molecule has 0 unspecified atom stereocenters. The van der Waals surface area contributed by atoms with E-state index >= 15 is 0 Å². The van der Waals surface area contributed by atoms with Crippen LogP contribution in [0.1, 0.15) is 44.9 Å². The zero-order valence-corrected chi connectivity index (χ0v) is 16.4. The number of carbonyl (C=O) groups is 2. The summed E-state index contributed by atoms with van der Waals surface area (Å²) in [5.41, 5.74) is 6.03. The monoisotopic (exact) mass is 397 g/mol. The van der Waals surface area contributed by atoms with Crippen molar-refractivity contribution in [3.8, 4) is 11.5 Å². The minimum absolute atomic E-state index is 0. The second-order valence-corrected chi connectivity index (χ2v) is 7.17. The molecule has 3 rings (SSSR count). The number of nitrogens with two attached hydrogens (primary N) is 1. The molecule has 2 amide bonds. The van der Waals surface area contributed by atoms with Gasteiger partial charge in [0.2, 0.25) is 5.91 Å². The molecule has 4 N–H and O–H groups in total. The van der Waals surface area contributed by atoms with Crippen molar-refractivity contribution in [1.29, 1.82) is 0 Å². The summed E-state index contributed by atoms with van der Waals surface area (Å²) < 4.78 is 10.9. The van der Waals surface area contributed by atoms with Gasteiger partial charge >= 0.3 is 0 Å². The number of benzene rings is 1. The molecule has 2 saturated carbocycles. The molecule has 0 saturated heterocycles. The minimum Gasteiger partial charge on any atom is -0.493 e. The fraction of sp³-hybridized carbons (Fsp3) is 0.579. The summed E-state index contributed by atoms with van der Waals surface area (Å²) in [6.45, 7) is -0.0922. The van der Waals surface area contributed by atoms with Crippen molar-refractivity contribution in [2.75, 3.05) is 19.0 Å². The number of amides is 2. The van der Waals surface area contributed by atoms with Crippen LogP contribution in [0.2, 0.25) is 0 Å². The molecular formula is C19H28ClN3O4. The molecule has 27 heavy (non-hydrogen) atoms. The molecule has 2 aliphatic rings. The lowest BCUT2D eigenvalue weighted by Gasteiger charge is -2.31. The summed E-state index contributed by atoms with van der Waals surface area (Å²) in [7, 11) is 1.53. The highest BCUT2D eigenvalue weighted by molar-refractivity contribution is 5.98. The second-order valence-electron chi connectivity index (χ2n) is 7.17. The lowest BCUT2D eigenvalue weighted by atomic mass is 9.82. The molecule has 1 aromatic rings. The molecule has 8 heteroatoms. The largest absolute Gasteiger partial charge is 0.493 e. The summed E-state index contributed by atoms with van der Waals surface area (Å²) in [6.07, 6.45) is 6.50. The predicted molar refractivity (Wildman–Crippen MR) is 106 cm³/mol. The van der Waals surface area contributed by atoms with E-state index in [0.29, 0.717) is 30.0 Å². The van der Waals surface area contributed by atoms with Gasteiger partial charge in [-0.05, 0) is 37.8 Å². The van der Waals surface area contributed by atoms with Gasteiger partial charge in [0.25, 0.3) is 5.91 Å². The highest BCUT2D eigenvalue weighted by Gasteiger charge is 2.35. The quantitative estimate of drug-likeness (QED) is 0.655. The summed E-state index contributed by atoms with van der Waals surface area (Å²) >= 11 is 0. The Bertz CT molecular complexity index is 673. The molecule has 0 atom stereocenters. The van der Waals surface area contributed by atoms with E-state index in [4.69, 9.17) is 15.2 Å². The van der Waals surface area contributed by atoms with Crippen molar-refractivity contribution in [2.45, 2.75) is 56.5 Å². The Morgan fingerprint density at radius 3 is 2.52 bits per heavy atom. The Hall–Kier alpha value is -1.99. The van der Waals surface area contributed by atoms with Crippen LogP contribution in [0.4, 0.5) is 5.69 Å². The Morgan fingerprint density at radius 2 is 1.89 bits per heavy atom. The molecular weight excluding hydrogens is 370 g/mol. The molecule has 2 fully saturated rings. The number of anilines is 1. The second kappa shape index (κ2) is 9.28. The number of hydrogen-bond acceptors (Lipinski definition) is 5. The Labute approximate surface area is 165 Å². The fourth-order valence-electron chi connectivity index (χ4n) is 3.17. The van der Waals surface area contributed by atoms with E-state index in [1.807, 2.05) is 0 Å². The van der Waals surface area contributed by atoms with Crippen molar-refractivity contribution in [3.63, 3.8) is 0 Å². The fourth-order valence-corrected chi connectivity index (χ4v) is 3.17. The Balaban J connectivity index is 0.00000261. The smallest absolute Gasteiger partial charge is 0.258 e. The molecule has 0 aromatic heterocycles. The number of nitrogens with one attached hydrogen (secondary N) is 2. The maximum absolute atomic E-state index is 12.6. The molecule has 0 spiro atoms. The highest BCUT2D eigenvalue weighted by Crippen LogP contribution is 2.32. The third-order valence-corrected chi connectivity index (χ3v) is 4.92. The van der Waals surface area contributed by atoms with Gasteiger partial charge in [0.15, 0.2) is 18.1 Å². The topological polar surface area (TPSA) is 103 Å². The van der Waals surface area contributed by atoms with Gasteiger partial charge in [-0.1, -0.05) is 19.3 Å². The number of rotatable bonds is 7. The average Bonchev–Trinajstić information content (AvgIpc) is 3.44. The lowest BCUT2D eigenvalue weighted by molar-refractivity contribution is -0.123. The first-order valence-corrected chi connectivity index (χ1v) is 9.21. The highest BCUT2D eigenvalue weighted by atomic mass is 35.5. The molecule has 0 radical (unpaired) electrons. The van der Waals surface area contributed by atoms with Crippen LogP contribution in [-0.2, 0) is 9.59 Å². The first-order valence-electron chi connectivity index (χ1n) is 9.21. The summed E-state index contributed by atoms with van der Waals surface area (Å²) in [4.78, 5) is 24.4. The zero-order valence-electron chi connectivity index (χ0n) is 15.6. The van der Waals surface area contributed by atoms with Crippen molar-refractivity contribution in [2.24, 2.45) is 5.73 Å². The molecule has 150 valence electrons.